The van der Waals surface area contributed by atoms with E-state index in [0.717, 1.165) is 44.0 Å². The van der Waals surface area contributed by atoms with Gasteiger partial charge in [-0.1, -0.05) is 133 Å². The maximum atomic E-state index is 5.40. The van der Waals surface area contributed by atoms with Crippen LogP contribution in [0, 0.1) is 0 Å². The molecule has 0 saturated heterocycles. The number of aromatic nitrogens is 7. The molecule has 0 spiro atoms. The van der Waals surface area contributed by atoms with Crippen molar-refractivity contribution in [2.45, 2.75) is 0 Å². The molecule has 0 saturated carbocycles. The summed E-state index contributed by atoms with van der Waals surface area (Å²) in [5.41, 5.74) is 8.87. The van der Waals surface area contributed by atoms with Gasteiger partial charge in [-0.05, 0) is 35.7 Å². The second-order valence-electron chi connectivity index (χ2n) is 13.7. The summed E-state index contributed by atoms with van der Waals surface area (Å²) in [6, 6.07) is 56.7. The van der Waals surface area contributed by atoms with Crippen molar-refractivity contribution in [3.63, 3.8) is 0 Å². The number of nitrogens with zero attached hydrogens (tertiary/aromatic N) is 7. The summed E-state index contributed by atoms with van der Waals surface area (Å²) < 4.78 is 4.65. The molecular weight excluding hydrogens is 663 g/mol. The summed E-state index contributed by atoms with van der Waals surface area (Å²) in [4.78, 5) is 25.8. The lowest BCUT2D eigenvalue weighted by Crippen LogP contribution is -2.06. The highest BCUT2D eigenvalue weighted by molar-refractivity contribution is 6.31. The van der Waals surface area contributed by atoms with Gasteiger partial charge in [0.15, 0.2) is 17.5 Å². The smallest absolute Gasteiger partial charge is 0.235 e. The van der Waals surface area contributed by atoms with Gasteiger partial charge >= 0.3 is 0 Å². The van der Waals surface area contributed by atoms with Gasteiger partial charge < -0.3 is 4.40 Å². The van der Waals surface area contributed by atoms with E-state index in [-0.39, 0.29) is 0 Å². The molecule has 7 nitrogen and oxygen atoms in total. The number of fused-ring (bicyclic) bond motifs is 6. The van der Waals surface area contributed by atoms with Gasteiger partial charge in [0.05, 0.1) is 33.1 Å². The van der Waals surface area contributed by atoms with Gasteiger partial charge in [0.1, 0.15) is 5.69 Å². The lowest BCUT2D eigenvalue weighted by molar-refractivity contribution is 0.995. The van der Waals surface area contributed by atoms with E-state index in [1.54, 1.807) is 0 Å². The Hall–Kier alpha value is -7.51. The fourth-order valence-corrected chi connectivity index (χ4v) is 8.45. The van der Waals surface area contributed by atoms with Crippen molar-refractivity contribution in [2.24, 2.45) is 0 Å². The SMILES string of the molecule is c1ccc(-c2nc(-c3ccccc3)nc(-c3nc(-n4c5cccc6c7cccc8c9ccccc9n(c9cccc4c9c65)c78)nc4ccccc34)n2)cc1. The highest BCUT2D eigenvalue weighted by Crippen LogP contribution is 2.44. The molecule has 0 bridgehead atoms. The molecule has 12 aromatic rings. The highest BCUT2D eigenvalue weighted by atomic mass is 15.2. The van der Waals surface area contributed by atoms with Gasteiger partial charge in [-0.3, -0.25) is 4.57 Å². The van der Waals surface area contributed by atoms with Crippen molar-refractivity contribution in [3.05, 3.63) is 164 Å². The second-order valence-corrected chi connectivity index (χ2v) is 13.7. The molecule has 0 atom stereocenters. The second kappa shape index (κ2) is 11.0. The lowest BCUT2D eigenvalue weighted by atomic mass is 10.0. The van der Waals surface area contributed by atoms with E-state index >= 15 is 0 Å². The number of hydrogen-bond acceptors (Lipinski definition) is 5. The van der Waals surface area contributed by atoms with E-state index < -0.39 is 0 Å². The predicted octanol–water partition coefficient (Wildman–Crippen LogP) is 11.1. The van der Waals surface area contributed by atoms with E-state index in [2.05, 4.69) is 87.8 Å². The van der Waals surface area contributed by atoms with Crippen LogP contribution in [0.15, 0.2) is 164 Å². The highest BCUT2D eigenvalue weighted by Gasteiger charge is 2.24. The van der Waals surface area contributed by atoms with Gasteiger partial charge in [0.25, 0.3) is 0 Å². The Morgan fingerprint density at radius 2 is 0.852 bits per heavy atom. The largest absolute Gasteiger partial charge is 0.308 e. The number of rotatable bonds is 4. The zero-order chi connectivity index (χ0) is 35.3. The molecule has 0 N–H and O–H groups in total. The Kier molecular flexibility index (Phi) is 5.93. The molecule has 0 aliphatic heterocycles. The Bertz CT molecular complexity index is 3380. The monoisotopic (exact) mass is 689 g/mol. The first-order chi connectivity index (χ1) is 26.8. The average Bonchev–Trinajstić information content (AvgIpc) is 3.73. The Labute approximate surface area is 307 Å². The van der Waals surface area contributed by atoms with E-state index in [9.17, 15) is 0 Å². The summed E-state index contributed by atoms with van der Waals surface area (Å²) in [6.07, 6.45) is 0. The van der Waals surface area contributed by atoms with Crippen molar-refractivity contribution in [1.29, 1.82) is 0 Å². The van der Waals surface area contributed by atoms with Gasteiger partial charge in [-0.15, -0.1) is 0 Å². The molecule has 5 aromatic heterocycles. The molecule has 0 fully saturated rings. The maximum absolute atomic E-state index is 5.40. The van der Waals surface area contributed by atoms with Crippen LogP contribution in [-0.4, -0.2) is 33.9 Å². The molecule has 7 heteroatoms. The third-order valence-electron chi connectivity index (χ3n) is 10.7. The van der Waals surface area contributed by atoms with Crippen LogP contribution < -0.4 is 0 Å². The first kappa shape index (κ1) is 29.1. The molecule has 0 aliphatic carbocycles. The van der Waals surface area contributed by atoms with E-state index in [0.29, 0.717) is 29.1 Å². The first-order valence-corrected chi connectivity index (χ1v) is 18.0. The average molecular weight is 690 g/mol. The third kappa shape index (κ3) is 4.03. The molecule has 0 aliphatic rings. The summed E-state index contributed by atoms with van der Waals surface area (Å²) in [7, 11) is 0. The molecule has 0 radical (unpaired) electrons. The Morgan fingerprint density at radius 3 is 1.61 bits per heavy atom. The van der Waals surface area contributed by atoms with Crippen molar-refractivity contribution < 1.29 is 0 Å². The van der Waals surface area contributed by atoms with Crippen LogP contribution in [-0.2, 0) is 0 Å². The molecule has 7 aromatic carbocycles. The molecule has 12 rings (SSSR count). The van der Waals surface area contributed by atoms with Gasteiger partial charge in [0.2, 0.25) is 5.95 Å². The molecular formula is C47H27N7. The van der Waals surface area contributed by atoms with Gasteiger partial charge in [-0.25, -0.2) is 24.9 Å². The zero-order valence-electron chi connectivity index (χ0n) is 28.7. The normalized spacial score (nSPS) is 12.1. The summed E-state index contributed by atoms with van der Waals surface area (Å²) in [5.74, 6) is 2.21. The predicted molar refractivity (Wildman–Crippen MR) is 218 cm³/mol. The first-order valence-electron chi connectivity index (χ1n) is 18.0. The minimum atomic E-state index is 0.487. The Morgan fingerprint density at radius 1 is 0.333 bits per heavy atom. The molecule has 0 unspecified atom stereocenters. The van der Waals surface area contributed by atoms with Gasteiger partial charge in [0, 0.05) is 43.4 Å². The van der Waals surface area contributed by atoms with E-state index in [1.165, 1.54) is 38.0 Å². The zero-order valence-corrected chi connectivity index (χ0v) is 28.7. The van der Waals surface area contributed by atoms with Crippen molar-refractivity contribution >= 4 is 70.8 Å². The van der Waals surface area contributed by atoms with Crippen molar-refractivity contribution in [2.75, 3.05) is 0 Å². The molecule has 250 valence electrons. The van der Waals surface area contributed by atoms with Crippen molar-refractivity contribution in [3.8, 4) is 40.2 Å². The standard InChI is InChI=1S/C47H27N7/c1-3-14-28(15-4-1)44-50-45(29-16-5-2-6-17-29)52-46(51-44)42-34-19-7-9-23-35(34)48-47(49-42)54-37-25-12-20-31-33-22-11-21-32-30-18-8-10-24-36(30)53(43(32)33)38-26-13-27-39(54)41(38)40(31)37/h1-27H. The Balaban J connectivity index is 1.20. The summed E-state index contributed by atoms with van der Waals surface area (Å²) in [5, 5.41) is 8.10. The van der Waals surface area contributed by atoms with Crippen LogP contribution in [0.2, 0.25) is 0 Å². The van der Waals surface area contributed by atoms with E-state index in [4.69, 9.17) is 24.9 Å². The fourth-order valence-electron chi connectivity index (χ4n) is 8.45. The van der Waals surface area contributed by atoms with Gasteiger partial charge in [-0.2, -0.15) is 0 Å². The third-order valence-corrected chi connectivity index (χ3v) is 10.7. The molecule has 54 heavy (non-hydrogen) atoms. The quantitative estimate of drug-likeness (QED) is 0.184. The number of hydrogen-bond donors (Lipinski definition) is 0. The van der Waals surface area contributed by atoms with Crippen molar-refractivity contribution in [1.82, 2.24) is 33.9 Å². The maximum Gasteiger partial charge on any atom is 0.235 e. The van der Waals surface area contributed by atoms with Crippen LogP contribution in [0.4, 0.5) is 0 Å². The topological polar surface area (TPSA) is 73.8 Å². The molecule has 0 amide bonds. The van der Waals surface area contributed by atoms with Crippen LogP contribution in [0.25, 0.3) is 111 Å². The number of para-hydroxylation sites is 3. The summed E-state index contributed by atoms with van der Waals surface area (Å²) in [6.45, 7) is 0. The fraction of sp³-hybridized carbons (Fsp3) is 0. The minimum Gasteiger partial charge on any atom is -0.308 e. The molecule has 5 heterocycles. The minimum absolute atomic E-state index is 0.487. The lowest BCUT2D eigenvalue weighted by Gasteiger charge is -2.13. The number of benzene rings is 7. The van der Waals surface area contributed by atoms with Crippen LogP contribution in [0.3, 0.4) is 0 Å². The van der Waals surface area contributed by atoms with Crippen LogP contribution >= 0.6 is 0 Å². The summed E-state index contributed by atoms with van der Waals surface area (Å²) >= 11 is 0. The van der Waals surface area contributed by atoms with Crippen LogP contribution in [0.5, 0.6) is 0 Å². The van der Waals surface area contributed by atoms with E-state index in [1.807, 2.05) is 84.9 Å². The van der Waals surface area contributed by atoms with Crippen LogP contribution in [0.1, 0.15) is 0 Å².